The number of rotatable bonds is 10. The fourth-order valence-electron chi connectivity index (χ4n) is 1.87. The zero-order valence-corrected chi connectivity index (χ0v) is 15.8. The lowest BCUT2D eigenvalue weighted by atomic mass is 10.2. The minimum atomic E-state index is -3.71. The van der Waals surface area contributed by atoms with Gasteiger partial charge in [0, 0.05) is 6.42 Å². The summed E-state index contributed by atoms with van der Waals surface area (Å²) in [6, 6.07) is 0. The van der Waals surface area contributed by atoms with Crippen LogP contribution in [0.4, 0.5) is 0 Å². The molecule has 0 bridgehead atoms. The first kappa shape index (κ1) is 22.1. The summed E-state index contributed by atoms with van der Waals surface area (Å²) in [5.74, 6) is -1.17. The Hall–Kier alpha value is -0.910. The first-order valence-corrected chi connectivity index (χ1v) is 9.48. The molecule has 23 heavy (non-hydrogen) atoms. The second kappa shape index (κ2) is 10.1. The number of hydrogen-bond acceptors (Lipinski definition) is 7. The van der Waals surface area contributed by atoms with E-state index in [1.165, 1.54) is 0 Å². The van der Waals surface area contributed by atoms with Crippen molar-refractivity contribution in [3.63, 3.8) is 0 Å². The predicted octanol–water partition coefficient (Wildman–Crippen LogP) is 3.31. The molecule has 8 heteroatoms. The van der Waals surface area contributed by atoms with Crippen LogP contribution in [0.25, 0.3) is 0 Å². The molecule has 136 valence electrons. The number of carbonyl (C=O) groups excluding carboxylic acids is 2. The number of carbonyl (C=O) groups is 2. The van der Waals surface area contributed by atoms with Gasteiger partial charge >= 0.3 is 19.5 Å². The highest BCUT2D eigenvalue weighted by molar-refractivity contribution is 7.55. The molecule has 1 atom stereocenters. The summed E-state index contributed by atoms with van der Waals surface area (Å²) in [7, 11) is -3.71. The van der Waals surface area contributed by atoms with E-state index in [1.807, 2.05) is 0 Å². The van der Waals surface area contributed by atoms with Crippen LogP contribution in [0.2, 0.25) is 0 Å². The predicted molar refractivity (Wildman–Crippen MR) is 86.4 cm³/mol. The second-order valence-corrected chi connectivity index (χ2v) is 7.99. The maximum atomic E-state index is 12.8. The van der Waals surface area contributed by atoms with Gasteiger partial charge in [-0.15, -0.1) is 0 Å². The average molecular weight is 352 g/mol. The van der Waals surface area contributed by atoms with E-state index < -0.39 is 30.8 Å². The number of esters is 2. The first-order chi connectivity index (χ1) is 10.6. The van der Waals surface area contributed by atoms with Gasteiger partial charge in [-0.3, -0.25) is 14.2 Å². The minimum Gasteiger partial charge on any atom is -0.465 e. The Kier molecular flexibility index (Phi) is 9.66. The molecule has 0 aromatic rings. The van der Waals surface area contributed by atoms with Gasteiger partial charge in [-0.05, 0) is 48.0 Å². The number of ether oxygens (including phenoxy) is 2. The summed E-state index contributed by atoms with van der Waals surface area (Å²) in [6.45, 7) is 10.6. The summed E-state index contributed by atoms with van der Waals surface area (Å²) in [5.41, 5.74) is -1.77. The van der Waals surface area contributed by atoms with Crippen molar-refractivity contribution in [2.24, 2.45) is 0 Å². The fraction of sp³-hybridized carbons (Fsp3) is 0.867. The van der Waals surface area contributed by atoms with Crippen molar-refractivity contribution in [2.75, 3.05) is 19.8 Å². The average Bonchev–Trinajstić information content (AvgIpc) is 2.37. The van der Waals surface area contributed by atoms with Gasteiger partial charge in [0.25, 0.3) is 0 Å². The quantitative estimate of drug-likeness (QED) is 0.440. The van der Waals surface area contributed by atoms with E-state index >= 15 is 0 Å². The molecule has 0 spiro atoms. The smallest absolute Gasteiger partial charge is 0.344 e. The van der Waals surface area contributed by atoms with E-state index in [-0.39, 0.29) is 32.7 Å². The van der Waals surface area contributed by atoms with Crippen molar-refractivity contribution in [3.8, 4) is 0 Å². The summed E-state index contributed by atoms with van der Waals surface area (Å²) in [6.07, 6.45) is -0.101. The molecule has 0 aliphatic carbocycles. The van der Waals surface area contributed by atoms with Crippen LogP contribution in [0.15, 0.2) is 0 Å². The molecule has 1 unspecified atom stereocenters. The molecule has 0 rings (SSSR count). The summed E-state index contributed by atoms with van der Waals surface area (Å²) in [4.78, 5) is 24.0. The Morgan fingerprint density at radius 2 is 1.52 bits per heavy atom. The summed E-state index contributed by atoms with van der Waals surface area (Å²) >= 11 is 0. The molecule has 0 aliphatic rings. The molecule has 7 nitrogen and oxygen atoms in total. The molecule has 0 saturated heterocycles. The third kappa shape index (κ3) is 8.49. The monoisotopic (exact) mass is 352 g/mol. The molecule has 0 aromatic carbocycles. The van der Waals surface area contributed by atoms with Crippen molar-refractivity contribution < 1.29 is 32.7 Å². The number of hydrogen-bond donors (Lipinski definition) is 0. The Morgan fingerprint density at radius 1 is 1.00 bits per heavy atom. The van der Waals surface area contributed by atoms with Gasteiger partial charge in [-0.1, -0.05) is 0 Å². The molecule has 0 amide bonds. The topological polar surface area (TPSA) is 88.1 Å². The Morgan fingerprint density at radius 3 is 1.91 bits per heavy atom. The van der Waals surface area contributed by atoms with Crippen molar-refractivity contribution in [2.45, 2.75) is 65.6 Å². The molecule has 0 saturated carbocycles. The van der Waals surface area contributed by atoms with Gasteiger partial charge < -0.3 is 18.5 Å². The van der Waals surface area contributed by atoms with E-state index in [0.29, 0.717) is 0 Å². The van der Waals surface area contributed by atoms with Crippen LogP contribution in [-0.4, -0.2) is 43.0 Å². The van der Waals surface area contributed by atoms with Crippen LogP contribution in [0.5, 0.6) is 0 Å². The Labute approximate surface area is 138 Å². The zero-order valence-electron chi connectivity index (χ0n) is 14.9. The van der Waals surface area contributed by atoms with Gasteiger partial charge in [0.05, 0.1) is 19.8 Å². The molecule has 0 fully saturated rings. The normalized spacial score (nSPS) is 13.5. The molecule has 0 aromatic heterocycles. The van der Waals surface area contributed by atoms with Crippen molar-refractivity contribution in [1.29, 1.82) is 0 Å². The van der Waals surface area contributed by atoms with Crippen molar-refractivity contribution in [1.82, 2.24) is 0 Å². The molecule has 0 aliphatic heterocycles. The summed E-state index contributed by atoms with van der Waals surface area (Å²) < 4.78 is 33.4. The lowest BCUT2D eigenvalue weighted by Gasteiger charge is -2.25. The maximum absolute atomic E-state index is 12.8. The largest absolute Gasteiger partial charge is 0.465 e. The van der Waals surface area contributed by atoms with Crippen LogP contribution in [-0.2, 0) is 32.7 Å². The van der Waals surface area contributed by atoms with Crippen LogP contribution in [0, 0.1) is 0 Å². The third-order valence-electron chi connectivity index (χ3n) is 2.60. The van der Waals surface area contributed by atoms with Gasteiger partial charge in [0.15, 0.2) is 5.66 Å². The Bertz CT molecular complexity index is 418. The van der Waals surface area contributed by atoms with Crippen molar-refractivity contribution >= 4 is 19.5 Å². The van der Waals surface area contributed by atoms with Crippen molar-refractivity contribution in [3.05, 3.63) is 0 Å². The minimum absolute atomic E-state index is 0.0228. The lowest BCUT2D eigenvalue weighted by Crippen LogP contribution is -2.29. The van der Waals surface area contributed by atoms with E-state index in [0.717, 1.165) is 0 Å². The second-order valence-electron chi connectivity index (χ2n) is 5.77. The molecule has 0 heterocycles. The van der Waals surface area contributed by atoms with Crippen LogP contribution in [0.1, 0.15) is 54.4 Å². The Balaban J connectivity index is 5.11. The first-order valence-electron chi connectivity index (χ1n) is 7.86. The molecular weight excluding hydrogens is 323 g/mol. The van der Waals surface area contributed by atoms with E-state index in [1.54, 1.807) is 41.5 Å². The van der Waals surface area contributed by atoms with E-state index in [2.05, 4.69) is 0 Å². The van der Waals surface area contributed by atoms with E-state index in [9.17, 15) is 14.2 Å². The zero-order chi connectivity index (χ0) is 18.1. The highest BCUT2D eigenvalue weighted by Gasteiger charge is 2.42. The molecule has 0 N–H and O–H groups in total. The van der Waals surface area contributed by atoms with Crippen LogP contribution in [0.3, 0.4) is 0 Å². The molecular formula is C15H29O7P. The molecule has 0 radical (unpaired) electrons. The van der Waals surface area contributed by atoms with Crippen LogP contribution >= 0.6 is 7.60 Å². The lowest BCUT2D eigenvalue weighted by molar-refractivity contribution is -0.155. The van der Waals surface area contributed by atoms with Gasteiger partial charge in [-0.25, -0.2) is 0 Å². The fourth-order valence-corrected chi connectivity index (χ4v) is 3.80. The third-order valence-corrected chi connectivity index (χ3v) is 5.07. The van der Waals surface area contributed by atoms with Gasteiger partial charge in [-0.2, -0.15) is 0 Å². The summed E-state index contributed by atoms with van der Waals surface area (Å²) in [5, 5.41) is 0. The maximum Gasteiger partial charge on any atom is 0.344 e. The van der Waals surface area contributed by atoms with Crippen LogP contribution < -0.4 is 0 Å². The standard InChI is InChI=1S/C15H29O7P/c1-7-19-14(17)12(23(18,20-8-2)21-9-3)10-11-13(16)22-15(4,5)6/h12H,7-11H2,1-6H3. The highest BCUT2D eigenvalue weighted by Crippen LogP contribution is 2.55. The van der Waals surface area contributed by atoms with Gasteiger partial charge in [0.2, 0.25) is 0 Å². The SMILES string of the molecule is CCOC(=O)C(CCC(=O)OC(C)(C)C)P(=O)(OCC)OCC. The highest BCUT2D eigenvalue weighted by atomic mass is 31.2. The van der Waals surface area contributed by atoms with Gasteiger partial charge in [0.1, 0.15) is 5.60 Å². The van der Waals surface area contributed by atoms with E-state index in [4.69, 9.17) is 18.5 Å².